The van der Waals surface area contributed by atoms with Crippen molar-refractivity contribution < 1.29 is 9.59 Å². The molecule has 0 aromatic heterocycles. The first-order chi connectivity index (χ1) is 7.11. The average molecular weight is 290 g/mol. The molecular weight excluding hydrogens is 283 g/mol. The first-order valence-electron chi connectivity index (χ1n) is 4.16. The van der Waals surface area contributed by atoms with Gasteiger partial charge in [0.2, 0.25) is 0 Å². The maximum Gasteiger partial charge on any atom is 0.329 e. The topological polar surface area (TPSA) is 49.4 Å². The third-order valence-corrected chi connectivity index (χ3v) is 3.39. The van der Waals surface area contributed by atoms with Crippen molar-refractivity contribution >= 4 is 45.2 Å². The number of amides is 3. The smallest absolute Gasteiger partial charge is 0.328 e. The van der Waals surface area contributed by atoms with Gasteiger partial charge in [-0.3, -0.25) is 4.79 Å². The number of imide groups is 1. The van der Waals surface area contributed by atoms with Crippen LogP contribution in [0.25, 0.3) is 0 Å². The highest BCUT2D eigenvalue weighted by atomic mass is 79.9. The largest absolute Gasteiger partial charge is 0.329 e. The van der Waals surface area contributed by atoms with Crippen LogP contribution in [0.15, 0.2) is 22.7 Å². The van der Waals surface area contributed by atoms with Crippen molar-refractivity contribution in [3.05, 3.63) is 27.7 Å². The van der Waals surface area contributed by atoms with Crippen LogP contribution >= 0.6 is 27.5 Å². The summed E-state index contributed by atoms with van der Waals surface area (Å²) in [5.74, 6) is -0.289. The molecule has 2 rings (SSSR count). The molecule has 15 heavy (non-hydrogen) atoms. The lowest BCUT2D eigenvalue weighted by Crippen LogP contribution is -2.30. The molecule has 0 atom stereocenters. The van der Waals surface area contributed by atoms with Gasteiger partial charge in [0, 0.05) is 0 Å². The third-order valence-electron chi connectivity index (χ3n) is 2.02. The Morgan fingerprint density at radius 3 is 2.73 bits per heavy atom. The van der Waals surface area contributed by atoms with E-state index in [0.29, 0.717) is 15.2 Å². The molecule has 4 nitrogen and oxygen atoms in total. The Morgan fingerprint density at radius 1 is 1.40 bits per heavy atom. The Bertz CT molecular complexity index is 434. The minimum Gasteiger partial charge on any atom is -0.328 e. The van der Waals surface area contributed by atoms with Gasteiger partial charge in [0.25, 0.3) is 5.91 Å². The number of carbonyl (C=O) groups is 2. The lowest BCUT2D eigenvalue weighted by molar-refractivity contribution is -0.115. The number of nitrogens with one attached hydrogen (secondary N) is 1. The molecule has 1 aliphatic rings. The number of urea groups is 1. The normalized spacial score (nSPS) is 15.7. The molecule has 0 aliphatic carbocycles. The van der Waals surface area contributed by atoms with Gasteiger partial charge in [0.1, 0.15) is 0 Å². The zero-order valence-electron chi connectivity index (χ0n) is 7.46. The standard InChI is InChI=1S/C9H6BrClN2O2/c10-8-5(11)2-1-3-6(8)13-7(14)4-12-9(13)15/h1-3H,4H2,(H,12,15). The Hall–Kier alpha value is -1.07. The van der Waals surface area contributed by atoms with E-state index in [1.165, 1.54) is 0 Å². The first-order valence-corrected chi connectivity index (χ1v) is 5.33. The van der Waals surface area contributed by atoms with Crippen LogP contribution in [0.5, 0.6) is 0 Å². The summed E-state index contributed by atoms with van der Waals surface area (Å²) in [4.78, 5) is 23.9. The fourth-order valence-corrected chi connectivity index (χ4v) is 1.94. The van der Waals surface area contributed by atoms with Gasteiger partial charge in [-0.2, -0.15) is 0 Å². The highest BCUT2D eigenvalue weighted by molar-refractivity contribution is 9.10. The fourth-order valence-electron chi connectivity index (χ4n) is 1.33. The van der Waals surface area contributed by atoms with Crippen LogP contribution in [-0.4, -0.2) is 18.5 Å². The number of anilines is 1. The van der Waals surface area contributed by atoms with Gasteiger partial charge < -0.3 is 5.32 Å². The molecule has 6 heteroatoms. The zero-order valence-corrected chi connectivity index (χ0v) is 9.80. The number of hydrogen-bond acceptors (Lipinski definition) is 2. The number of carbonyl (C=O) groups excluding carboxylic acids is 2. The van der Waals surface area contributed by atoms with Gasteiger partial charge in [-0.25, -0.2) is 9.69 Å². The molecule has 1 aliphatic heterocycles. The summed E-state index contributed by atoms with van der Waals surface area (Å²) < 4.78 is 0.539. The van der Waals surface area contributed by atoms with Crippen LogP contribution in [0.1, 0.15) is 0 Å². The summed E-state index contributed by atoms with van der Waals surface area (Å²) in [6, 6.07) is 4.58. The fraction of sp³-hybridized carbons (Fsp3) is 0.111. The summed E-state index contributed by atoms with van der Waals surface area (Å²) in [7, 11) is 0. The van der Waals surface area contributed by atoms with Gasteiger partial charge in [0.05, 0.1) is 21.7 Å². The lowest BCUT2D eigenvalue weighted by atomic mass is 10.3. The number of hydrogen-bond donors (Lipinski definition) is 1. The monoisotopic (exact) mass is 288 g/mol. The van der Waals surface area contributed by atoms with E-state index in [1.54, 1.807) is 18.2 Å². The maximum absolute atomic E-state index is 11.4. The summed E-state index contributed by atoms with van der Waals surface area (Å²) in [6.07, 6.45) is 0. The number of rotatable bonds is 1. The molecule has 1 heterocycles. The number of nitrogens with zero attached hydrogens (tertiary/aromatic N) is 1. The molecule has 1 aromatic carbocycles. The molecule has 0 radical (unpaired) electrons. The van der Waals surface area contributed by atoms with Crippen LogP contribution in [0.3, 0.4) is 0 Å². The van der Waals surface area contributed by atoms with E-state index in [-0.39, 0.29) is 12.5 Å². The Morgan fingerprint density at radius 2 is 2.13 bits per heavy atom. The molecule has 0 spiro atoms. The van der Waals surface area contributed by atoms with Crippen LogP contribution < -0.4 is 10.2 Å². The molecular formula is C9H6BrClN2O2. The van der Waals surface area contributed by atoms with Crippen molar-refractivity contribution in [3.63, 3.8) is 0 Å². The van der Waals surface area contributed by atoms with Crippen molar-refractivity contribution in [2.24, 2.45) is 0 Å². The van der Waals surface area contributed by atoms with E-state index >= 15 is 0 Å². The molecule has 78 valence electrons. The van der Waals surface area contributed by atoms with E-state index in [1.807, 2.05) is 0 Å². The summed E-state index contributed by atoms with van der Waals surface area (Å²) in [5, 5.41) is 2.90. The average Bonchev–Trinajstić information content (AvgIpc) is 2.52. The summed E-state index contributed by atoms with van der Waals surface area (Å²) in [5.41, 5.74) is 0.461. The summed E-state index contributed by atoms with van der Waals surface area (Å²) >= 11 is 9.11. The Kier molecular flexibility index (Phi) is 2.67. The van der Waals surface area contributed by atoms with Crippen molar-refractivity contribution in [1.29, 1.82) is 0 Å². The van der Waals surface area contributed by atoms with Crippen LogP contribution in [0.2, 0.25) is 5.02 Å². The molecule has 0 bridgehead atoms. The number of halogens is 2. The van der Waals surface area contributed by atoms with Crippen molar-refractivity contribution in [2.45, 2.75) is 0 Å². The maximum atomic E-state index is 11.4. The molecule has 0 saturated carbocycles. The highest BCUT2D eigenvalue weighted by Crippen LogP contribution is 2.33. The predicted molar refractivity (Wildman–Crippen MR) is 60.0 cm³/mol. The van der Waals surface area contributed by atoms with E-state index in [4.69, 9.17) is 11.6 Å². The molecule has 1 saturated heterocycles. The molecule has 0 unspecified atom stereocenters. The summed E-state index contributed by atoms with van der Waals surface area (Å²) in [6.45, 7) is 0.0256. The predicted octanol–water partition coefficient (Wildman–Crippen LogP) is 2.16. The van der Waals surface area contributed by atoms with Gasteiger partial charge in [-0.15, -0.1) is 0 Å². The van der Waals surface area contributed by atoms with Crippen LogP contribution in [0.4, 0.5) is 10.5 Å². The van der Waals surface area contributed by atoms with E-state index in [9.17, 15) is 9.59 Å². The SMILES string of the molecule is O=C1CNC(=O)N1c1cccc(Cl)c1Br. The number of benzene rings is 1. The second-order valence-electron chi connectivity index (χ2n) is 2.96. The minimum atomic E-state index is -0.428. The van der Waals surface area contributed by atoms with Crippen molar-refractivity contribution in [2.75, 3.05) is 11.4 Å². The van der Waals surface area contributed by atoms with Crippen LogP contribution in [0, 0.1) is 0 Å². The van der Waals surface area contributed by atoms with E-state index in [2.05, 4.69) is 21.2 Å². The van der Waals surface area contributed by atoms with Gasteiger partial charge >= 0.3 is 6.03 Å². The van der Waals surface area contributed by atoms with E-state index in [0.717, 1.165) is 4.90 Å². The van der Waals surface area contributed by atoms with Crippen molar-refractivity contribution in [1.82, 2.24) is 5.32 Å². The lowest BCUT2D eigenvalue weighted by Gasteiger charge is -2.14. The zero-order chi connectivity index (χ0) is 11.0. The van der Waals surface area contributed by atoms with Crippen molar-refractivity contribution in [3.8, 4) is 0 Å². The molecule has 1 fully saturated rings. The van der Waals surface area contributed by atoms with Crippen LogP contribution in [-0.2, 0) is 4.79 Å². The Labute approximate surface area is 99.3 Å². The molecule has 1 N–H and O–H groups in total. The second kappa shape index (κ2) is 3.83. The van der Waals surface area contributed by atoms with Gasteiger partial charge in [-0.05, 0) is 28.1 Å². The first kappa shape index (κ1) is 10.4. The molecule has 1 aromatic rings. The quantitative estimate of drug-likeness (QED) is 0.806. The van der Waals surface area contributed by atoms with Gasteiger partial charge in [0.15, 0.2) is 0 Å². The molecule has 3 amide bonds. The van der Waals surface area contributed by atoms with Gasteiger partial charge in [-0.1, -0.05) is 17.7 Å². The third kappa shape index (κ3) is 1.72. The Balaban J connectivity index is 2.49. The highest BCUT2D eigenvalue weighted by Gasteiger charge is 2.31. The minimum absolute atomic E-state index is 0.0256. The second-order valence-corrected chi connectivity index (χ2v) is 4.16. The van der Waals surface area contributed by atoms with E-state index < -0.39 is 6.03 Å².